The normalized spacial score (nSPS) is 13.8. The van der Waals surface area contributed by atoms with Crippen molar-refractivity contribution in [2.24, 2.45) is 5.92 Å². The summed E-state index contributed by atoms with van der Waals surface area (Å²) < 4.78 is 5.63. The molecule has 1 amide bonds. The van der Waals surface area contributed by atoms with Gasteiger partial charge in [0.05, 0.1) is 6.54 Å². The molecule has 5 heteroatoms. The van der Waals surface area contributed by atoms with E-state index in [1.165, 1.54) is 23.0 Å². The first kappa shape index (κ1) is 22.2. The SMILES string of the molecule is CC[C@H](C)NC(=O)c1coc(CN(Cc2ccc(C)cc2C)[C@H](C)C(C)C)n1. The van der Waals surface area contributed by atoms with Gasteiger partial charge in [-0.25, -0.2) is 4.98 Å². The molecule has 0 fully saturated rings. The minimum Gasteiger partial charge on any atom is -0.447 e. The fourth-order valence-electron chi connectivity index (χ4n) is 3.07. The molecule has 0 aliphatic carbocycles. The Kier molecular flexibility index (Phi) is 7.81. The molecule has 0 spiro atoms. The van der Waals surface area contributed by atoms with Crippen molar-refractivity contribution < 1.29 is 9.21 Å². The van der Waals surface area contributed by atoms with E-state index in [0.29, 0.717) is 30.1 Å². The van der Waals surface area contributed by atoms with Crippen molar-refractivity contribution in [2.75, 3.05) is 0 Å². The summed E-state index contributed by atoms with van der Waals surface area (Å²) in [4.78, 5) is 19.1. The Balaban J connectivity index is 2.16. The van der Waals surface area contributed by atoms with E-state index < -0.39 is 0 Å². The van der Waals surface area contributed by atoms with Crippen molar-refractivity contribution >= 4 is 5.91 Å². The second kappa shape index (κ2) is 9.87. The van der Waals surface area contributed by atoms with E-state index in [2.05, 4.69) is 68.0 Å². The summed E-state index contributed by atoms with van der Waals surface area (Å²) in [7, 11) is 0. The summed E-state index contributed by atoms with van der Waals surface area (Å²) >= 11 is 0. The number of aromatic nitrogens is 1. The molecule has 0 aliphatic rings. The molecule has 0 bridgehead atoms. The van der Waals surface area contributed by atoms with Gasteiger partial charge in [0.25, 0.3) is 5.91 Å². The monoisotopic (exact) mass is 385 g/mol. The highest BCUT2D eigenvalue weighted by atomic mass is 16.3. The molecule has 0 unspecified atom stereocenters. The van der Waals surface area contributed by atoms with Crippen LogP contribution in [0.2, 0.25) is 0 Å². The van der Waals surface area contributed by atoms with Crippen LogP contribution < -0.4 is 5.32 Å². The second-order valence-electron chi connectivity index (χ2n) is 8.23. The van der Waals surface area contributed by atoms with Gasteiger partial charge in [0, 0.05) is 18.6 Å². The minimum atomic E-state index is -0.179. The van der Waals surface area contributed by atoms with E-state index in [1.807, 2.05) is 13.8 Å². The number of amides is 1. The van der Waals surface area contributed by atoms with Crippen molar-refractivity contribution in [3.05, 3.63) is 52.7 Å². The average Bonchev–Trinajstić information content (AvgIpc) is 3.11. The highest BCUT2D eigenvalue weighted by molar-refractivity contribution is 5.92. The maximum atomic E-state index is 12.3. The lowest BCUT2D eigenvalue weighted by Gasteiger charge is -2.31. The minimum absolute atomic E-state index is 0.120. The topological polar surface area (TPSA) is 58.4 Å². The van der Waals surface area contributed by atoms with Crippen LogP contribution in [0, 0.1) is 19.8 Å². The fraction of sp³-hybridized carbons (Fsp3) is 0.565. The van der Waals surface area contributed by atoms with Gasteiger partial charge in [0.1, 0.15) is 6.26 Å². The van der Waals surface area contributed by atoms with Gasteiger partial charge in [-0.15, -0.1) is 0 Å². The molecule has 5 nitrogen and oxygen atoms in total. The van der Waals surface area contributed by atoms with Gasteiger partial charge in [-0.1, -0.05) is 44.5 Å². The third-order valence-electron chi connectivity index (χ3n) is 5.52. The molecule has 1 aromatic carbocycles. The van der Waals surface area contributed by atoms with Crippen LogP contribution in [-0.4, -0.2) is 27.9 Å². The highest BCUT2D eigenvalue weighted by Gasteiger charge is 2.22. The number of nitrogens with zero attached hydrogens (tertiary/aromatic N) is 2. The van der Waals surface area contributed by atoms with E-state index in [0.717, 1.165) is 13.0 Å². The smallest absolute Gasteiger partial charge is 0.273 e. The van der Waals surface area contributed by atoms with Gasteiger partial charge in [-0.3, -0.25) is 9.69 Å². The van der Waals surface area contributed by atoms with E-state index in [-0.39, 0.29) is 11.9 Å². The van der Waals surface area contributed by atoms with Crippen LogP contribution in [0.1, 0.15) is 74.1 Å². The largest absolute Gasteiger partial charge is 0.447 e. The van der Waals surface area contributed by atoms with Crippen molar-refractivity contribution in [3.8, 4) is 0 Å². The van der Waals surface area contributed by atoms with E-state index in [9.17, 15) is 4.79 Å². The second-order valence-corrected chi connectivity index (χ2v) is 8.23. The summed E-state index contributed by atoms with van der Waals surface area (Å²) in [5.41, 5.74) is 4.22. The number of aryl methyl sites for hydroxylation is 2. The fourth-order valence-corrected chi connectivity index (χ4v) is 3.07. The number of hydrogen-bond acceptors (Lipinski definition) is 4. The lowest BCUT2D eigenvalue weighted by molar-refractivity contribution is 0.0934. The zero-order valence-corrected chi connectivity index (χ0v) is 18.4. The molecule has 1 heterocycles. The number of rotatable bonds is 9. The molecule has 1 aromatic heterocycles. The average molecular weight is 386 g/mol. The maximum Gasteiger partial charge on any atom is 0.273 e. The molecule has 0 saturated carbocycles. The van der Waals surface area contributed by atoms with Crippen molar-refractivity contribution in [3.63, 3.8) is 0 Å². The Morgan fingerprint density at radius 2 is 1.89 bits per heavy atom. The van der Waals surface area contributed by atoms with Crippen molar-refractivity contribution in [2.45, 2.75) is 80.1 Å². The Bertz CT molecular complexity index is 782. The molecular weight excluding hydrogens is 350 g/mol. The summed E-state index contributed by atoms with van der Waals surface area (Å²) in [5.74, 6) is 0.891. The van der Waals surface area contributed by atoms with Crippen molar-refractivity contribution in [1.29, 1.82) is 0 Å². The van der Waals surface area contributed by atoms with Gasteiger partial charge >= 0.3 is 0 Å². The Labute approximate surface area is 169 Å². The van der Waals surface area contributed by atoms with Crippen LogP contribution in [0.3, 0.4) is 0 Å². The van der Waals surface area contributed by atoms with Gasteiger partial charge in [0.15, 0.2) is 5.69 Å². The van der Waals surface area contributed by atoms with Crippen LogP contribution in [0.5, 0.6) is 0 Å². The zero-order chi connectivity index (χ0) is 20.8. The number of benzene rings is 1. The Hall–Kier alpha value is -2.14. The molecular formula is C23H35N3O2. The Morgan fingerprint density at radius 1 is 1.18 bits per heavy atom. The van der Waals surface area contributed by atoms with Crippen LogP contribution >= 0.6 is 0 Å². The number of hydrogen-bond donors (Lipinski definition) is 1. The highest BCUT2D eigenvalue weighted by Crippen LogP contribution is 2.20. The Morgan fingerprint density at radius 3 is 2.50 bits per heavy atom. The first-order valence-corrected chi connectivity index (χ1v) is 10.3. The van der Waals surface area contributed by atoms with E-state index in [1.54, 1.807) is 0 Å². The molecule has 0 aliphatic heterocycles. The summed E-state index contributed by atoms with van der Waals surface area (Å²) in [6.45, 7) is 16.4. The van der Waals surface area contributed by atoms with Gasteiger partial charge in [0.2, 0.25) is 5.89 Å². The quantitative estimate of drug-likeness (QED) is 0.669. The standard InChI is InChI=1S/C23H35N3O2/c1-8-18(6)24-23(27)21-14-28-22(25-21)13-26(19(7)15(2)3)12-20-10-9-16(4)11-17(20)5/h9-11,14-15,18-19H,8,12-13H2,1-7H3,(H,24,27)/t18-,19+/m0/s1. The number of nitrogens with one attached hydrogen (secondary N) is 1. The predicted octanol–water partition coefficient (Wildman–Crippen LogP) is 4.87. The third-order valence-corrected chi connectivity index (χ3v) is 5.52. The van der Waals surface area contributed by atoms with Gasteiger partial charge in [-0.05, 0) is 51.2 Å². The summed E-state index contributed by atoms with van der Waals surface area (Å²) in [6.07, 6.45) is 2.34. The van der Waals surface area contributed by atoms with Crippen LogP contribution in [0.15, 0.2) is 28.9 Å². The summed E-state index contributed by atoms with van der Waals surface area (Å²) in [6, 6.07) is 7.05. The molecule has 28 heavy (non-hydrogen) atoms. The maximum absolute atomic E-state index is 12.3. The van der Waals surface area contributed by atoms with Crippen LogP contribution in [0.25, 0.3) is 0 Å². The van der Waals surface area contributed by atoms with E-state index in [4.69, 9.17) is 4.42 Å². The molecule has 2 atom stereocenters. The summed E-state index contributed by atoms with van der Waals surface area (Å²) in [5, 5.41) is 2.93. The van der Waals surface area contributed by atoms with Crippen molar-refractivity contribution in [1.82, 2.24) is 15.2 Å². The lowest BCUT2D eigenvalue weighted by atomic mass is 10.0. The number of carbonyl (C=O) groups is 1. The number of carbonyl (C=O) groups excluding carboxylic acids is 1. The lowest BCUT2D eigenvalue weighted by Crippen LogP contribution is -2.36. The number of oxazole rings is 1. The third kappa shape index (κ3) is 5.93. The van der Waals surface area contributed by atoms with Gasteiger partial charge in [-0.2, -0.15) is 0 Å². The first-order valence-electron chi connectivity index (χ1n) is 10.3. The molecule has 0 saturated heterocycles. The zero-order valence-electron chi connectivity index (χ0n) is 18.4. The van der Waals surface area contributed by atoms with Crippen LogP contribution in [0.4, 0.5) is 0 Å². The molecule has 0 radical (unpaired) electrons. The molecule has 1 N–H and O–H groups in total. The van der Waals surface area contributed by atoms with Gasteiger partial charge < -0.3 is 9.73 Å². The molecule has 154 valence electrons. The van der Waals surface area contributed by atoms with E-state index >= 15 is 0 Å². The predicted molar refractivity (Wildman–Crippen MR) is 113 cm³/mol. The van der Waals surface area contributed by atoms with Crippen LogP contribution in [-0.2, 0) is 13.1 Å². The molecule has 2 aromatic rings. The molecule has 2 rings (SSSR count). The first-order chi connectivity index (χ1) is 13.2.